The Balaban J connectivity index is 2.28. The number of sulfone groups is 1. The molecule has 0 fully saturated rings. The summed E-state index contributed by atoms with van der Waals surface area (Å²) in [5.41, 5.74) is 1.56. The van der Waals surface area contributed by atoms with Gasteiger partial charge >= 0.3 is 0 Å². The molecule has 2 heterocycles. The molecule has 2 aromatic rings. The van der Waals surface area contributed by atoms with Crippen LogP contribution in [0.15, 0.2) is 29.7 Å². The number of imidazole rings is 1. The van der Waals surface area contributed by atoms with Crippen molar-refractivity contribution in [2.75, 3.05) is 5.75 Å². The number of hydrogen-bond acceptors (Lipinski definition) is 3. The summed E-state index contributed by atoms with van der Waals surface area (Å²) in [4.78, 5) is 3.04. The van der Waals surface area contributed by atoms with Gasteiger partial charge in [0.25, 0.3) is 0 Å². The van der Waals surface area contributed by atoms with Crippen LogP contribution in [0.4, 0.5) is 0 Å². The summed E-state index contributed by atoms with van der Waals surface area (Å²) in [6.45, 7) is 0. The lowest BCUT2D eigenvalue weighted by molar-refractivity contribution is 0.594. The SMILES string of the molecule is O=S1(=O)C=CC(n2c(=S)[nH]c3cccc(Cl)c32)C1. The first kappa shape index (κ1) is 12.0. The first-order valence-corrected chi connectivity index (χ1v) is 7.78. The number of nitrogens with zero attached hydrogens (tertiary/aromatic N) is 1. The van der Waals surface area contributed by atoms with Gasteiger partial charge in [-0.25, -0.2) is 8.42 Å². The molecule has 0 amide bonds. The van der Waals surface area contributed by atoms with Gasteiger partial charge < -0.3 is 9.55 Å². The topological polar surface area (TPSA) is 54.9 Å². The van der Waals surface area contributed by atoms with Crippen LogP contribution in [0.2, 0.25) is 5.02 Å². The normalized spacial score (nSPS) is 21.7. The molecule has 0 aliphatic carbocycles. The molecule has 1 N–H and O–H groups in total. The molecule has 0 radical (unpaired) electrons. The minimum absolute atomic E-state index is 0.0273. The van der Waals surface area contributed by atoms with Gasteiger partial charge in [0, 0.05) is 5.41 Å². The Bertz CT molecular complexity index is 817. The lowest BCUT2D eigenvalue weighted by atomic mass is 10.3. The van der Waals surface area contributed by atoms with Crippen molar-refractivity contribution >= 4 is 44.7 Å². The van der Waals surface area contributed by atoms with E-state index >= 15 is 0 Å². The number of aromatic nitrogens is 2. The Morgan fingerprint density at radius 1 is 1.44 bits per heavy atom. The van der Waals surface area contributed by atoms with Crippen LogP contribution in [0.3, 0.4) is 0 Å². The first-order valence-electron chi connectivity index (χ1n) is 5.28. The molecular weight excluding hydrogens is 292 g/mol. The van der Waals surface area contributed by atoms with Gasteiger partial charge in [-0.05, 0) is 30.4 Å². The third kappa shape index (κ3) is 1.81. The Morgan fingerprint density at radius 3 is 2.89 bits per heavy atom. The molecule has 1 unspecified atom stereocenters. The van der Waals surface area contributed by atoms with E-state index in [0.717, 1.165) is 11.0 Å². The molecule has 7 heteroatoms. The van der Waals surface area contributed by atoms with E-state index in [2.05, 4.69) is 4.98 Å². The van der Waals surface area contributed by atoms with Crippen molar-refractivity contribution in [3.8, 4) is 0 Å². The summed E-state index contributed by atoms with van der Waals surface area (Å²) in [6, 6.07) is 5.15. The van der Waals surface area contributed by atoms with Gasteiger partial charge in [0.15, 0.2) is 14.6 Å². The van der Waals surface area contributed by atoms with Crippen molar-refractivity contribution in [2.24, 2.45) is 0 Å². The predicted molar refractivity (Wildman–Crippen MR) is 74.1 cm³/mol. The van der Waals surface area contributed by atoms with Crippen molar-refractivity contribution in [1.82, 2.24) is 9.55 Å². The van der Waals surface area contributed by atoms with Gasteiger partial charge in [-0.1, -0.05) is 17.7 Å². The molecular formula is C11H9ClN2O2S2. The maximum atomic E-state index is 11.5. The molecule has 94 valence electrons. The highest BCUT2D eigenvalue weighted by atomic mass is 35.5. The van der Waals surface area contributed by atoms with Crippen LogP contribution in [0.5, 0.6) is 0 Å². The highest BCUT2D eigenvalue weighted by Gasteiger charge is 2.25. The Hall–Kier alpha value is -1.11. The summed E-state index contributed by atoms with van der Waals surface area (Å²) in [5, 5.41) is 1.78. The molecule has 0 saturated carbocycles. The van der Waals surface area contributed by atoms with Crippen LogP contribution in [0, 0.1) is 4.77 Å². The molecule has 3 rings (SSSR count). The van der Waals surface area contributed by atoms with Crippen LogP contribution in [0.1, 0.15) is 6.04 Å². The summed E-state index contributed by atoms with van der Waals surface area (Å²) < 4.78 is 25.2. The minimum Gasteiger partial charge on any atom is -0.331 e. The number of fused-ring (bicyclic) bond motifs is 1. The van der Waals surface area contributed by atoms with Gasteiger partial charge in [-0.2, -0.15) is 0 Å². The van der Waals surface area contributed by atoms with Crippen LogP contribution in [-0.2, 0) is 9.84 Å². The van der Waals surface area contributed by atoms with Gasteiger partial charge in [0.1, 0.15) is 0 Å². The lowest BCUT2D eigenvalue weighted by Crippen LogP contribution is -2.11. The largest absolute Gasteiger partial charge is 0.331 e. The van der Waals surface area contributed by atoms with E-state index in [4.69, 9.17) is 23.8 Å². The van der Waals surface area contributed by atoms with Gasteiger partial charge in [-0.3, -0.25) is 0 Å². The van der Waals surface area contributed by atoms with E-state index < -0.39 is 9.84 Å². The van der Waals surface area contributed by atoms with E-state index in [9.17, 15) is 8.42 Å². The molecule has 0 saturated heterocycles. The van der Waals surface area contributed by atoms with Crippen LogP contribution < -0.4 is 0 Å². The third-order valence-corrected chi connectivity index (χ3v) is 4.91. The molecule has 1 aromatic carbocycles. The monoisotopic (exact) mass is 300 g/mol. The number of H-pyrrole nitrogens is 1. The zero-order chi connectivity index (χ0) is 12.9. The molecule has 0 spiro atoms. The third-order valence-electron chi connectivity index (χ3n) is 2.93. The van der Waals surface area contributed by atoms with Crippen molar-refractivity contribution in [3.63, 3.8) is 0 Å². The Morgan fingerprint density at radius 2 is 2.22 bits per heavy atom. The van der Waals surface area contributed by atoms with E-state index in [0.29, 0.717) is 9.79 Å². The summed E-state index contributed by atoms with van der Waals surface area (Å²) >= 11 is 11.4. The summed E-state index contributed by atoms with van der Waals surface area (Å²) in [6.07, 6.45) is 1.64. The van der Waals surface area contributed by atoms with Crippen molar-refractivity contribution in [3.05, 3.63) is 39.5 Å². The second kappa shape index (κ2) is 3.94. The summed E-state index contributed by atoms with van der Waals surface area (Å²) in [5.74, 6) is 0.0273. The van der Waals surface area contributed by atoms with Crippen molar-refractivity contribution in [1.29, 1.82) is 0 Å². The van der Waals surface area contributed by atoms with Gasteiger partial charge in [-0.15, -0.1) is 0 Å². The molecule has 0 bridgehead atoms. The number of halogens is 1. The quantitative estimate of drug-likeness (QED) is 0.824. The van der Waals surface area contributed by atoms with E-state index in [1.807, 2.05) is 12.1 Å². The fourth-order valence-electron chi connectivity index (χ4n) is 2.17. The maximum absolute atomic E-state index is 11.5. The maximum Gasteiger partial charge on any atom is 0.178 e. The highest BCUT2D eigenvalue weighted by molar-refractivity contribution is 7.94. The van der Waals surface area contributed by atoms with E-state index in [-0.39, 0.29) is 11.8 Å². The zero-order valence-electron chi connectivity index (χ0n) is 9.13. The zero-order valence-corrected chi connectivity index (χ0v) is 11.5. The Kier molecular flexibility index (Phi) is 2.62. The number of rotatable bonds is 1. The highest BCUT2D eigenvalue weighted by Crippen LogP contribution is 2.29. The van der Waals surface area contributed by atoms with E-state index in [1.165, 1.54) is 5.41 Å². The number of allylic oxidation sites excluding steroid dienone is 1. The van der Waals surface area contributed by atoms with Crippen molar-refractivity contribution in [2.45, 2.75) is 6.04 Å². The lowest BCUT2D eigenvalue weighted by Gasteiger charge is -2.10. The molecule has 1 atom stereocenters. The molecule has 18 heavy (non-hydrogen) atoms. The van der Waals surface area contributed by atoms with Crippen LogP contribution >= 0.6 is 23.8 Å². The molecule has 1 aliphatic rings. The fourth-order valence-corrected chi connectivity index (χ4v) is 4.04. The summed E-state index contributed by atoms with van der Waals surface area (Å²) in [7, 11) is -3.12. The number of para-hydroxylation sites is 1. The number of benzene rings is 1. The number of hydrogen-bond donors (Lipinski definition) is 1. The molecule has 4 nitrogen and oxygen atoms in total. The fraction of sp³-hybridized carbons (Fsp3) is 0.182. The predicted octanol–water partition coefficient (Wildman–Crippen LogP) is 2.84. The van der Waals surface area contributed by atoms with E-state index in [1.54, 1.807) is 16.7 Å². The first-order chi connectivity index (χ1) is 8.48. The molecule has 1 aliphatic heterocycles. The van der Waals surface area contributed by atoms with Crippen molar-refractivity contribution < 1.29 is 8.42 Å². The standard InChI is InChI=1S/C11H9ClN2O2S2/c12-8-2-1-3-9-10(8)14(11(17)13-9)7-4-5-18(15,16)6-7/h1-5,7H,6H2,(H,13,17). The minimum atomic E-state index is -3.12. The average molecular weight is 301 g/mol. The number of aromatic amines is 1. The average Bonchev–Trinajstić information content (AvgIpc) is 2.79. The van der Waals surface area contributed by atoms with Crippen LogP contribution in [0.25, 0.3) is 11.0 Å². The van der Waals surface area contributed by atoms with Gasteiger partial charge in [0.2, 0.25) is 0 Å². The second-order valence-corrected chi connectivity index (χ2v) is 6.89. The smallest absolute Gasteiger partial charge is 0.178 e. The van der Waals surface area contributed by atoms with Crippen LogP contribution in [-0.4, -0.2) is 23.7 Å². The molecule has 1 aromatic heterocycles. The Labute approximate surface area is 114 Å². The number of nitrogens with one attached hydrogen (secondary N) is 1. The van der Waals surface area contributed by atoms with Gasteiger partial charge in [0.05, 0.1) is 27.9 Å². The second-order valence-electron chi connectivity index (χ2n) is 4.16.